The standard InChI is InChI=1S/C6H11NS.Cu/c8-6-4-2-1-3-5-7-6;/h1-5H2,(H,7,8);/q;+2. The van der Waals surface area contributed by atoms with Crippen LogP contribution in [0.3, 0.4) is 0 Å². The molecule has 1 aliphatic rings. The van der Waals surface area contributed by atoms with Gasteiger partial charge in [-0.15, -0.1) is 0 Å². The number of nitrogens with one attached hydrogen (secondary N) is 1. The minimum atomic E-state index is 0. The van der Waals surface area contributed by atoms with Crippen molar-refractivity contribution in [1.29, 1.82) is 0 Å². The van der Waals surface area contributed by atoms with Crippen molar-refractivity contribution in [2.24, 2.45) is 0 Å². The Hall–Kier alpha value is 0.409. The maximum atomic E-state index is 4.98. The van der Waals surface area contributed by atoms with Gasteiger partial charge in [-0.05, 0) is 19.3 Å². The predicted octanol–water partition coefficient (Wildman–Crippen LogP) is 1.47. The number of rotatable bonds is 0. The second-order valence-electron chi connectivity index (χ2n) is 2.16. The summed E-state index contributed by atoms with van der Waals surface area (Å²) in [6, 6.07) is 0. The largest absolute Gasteiger partial charge is 2.00 e. The van der Waals surface area contributed by atoms with Gasteiger partial charge in [-0.2, -0.15) is 0 Å². The van der Waals surface area contributed by atoms with Crippen molar-refractivity contribution in [1.82, 2.24) is 5.32 Å². The van der Waals surface area contributed by atoms with Gasteiger partial charge in [-0.25, -0.2) is 0 Å². The molecule has 0 aliphatic carbocycles. The molecule has 0 aromatic heterocycles. The molecule has 1 rings (SSSR count). The Morgan fingerprint density at radius 1 is 1.22 bits per heavy atom. The maximum Gasteiger partial charge on any atom is 2.00 e. The summed E-state index contributed by atoms with van der Waals surface area (Å²) in [6.07, 6.45) is 5.02. The molecule has 3 heteroatoms. The van der Waals surface area contributed by atoms with Crippen LogP contribution in [0.15, 0.2) is 0 Å². The third kappa shape index (κ3) is 3.90. The second kappa shape index (κ2) is 5.21. The molecule has 1 N–H and O–H groups in total. The zero-order valence-corrected chi connectivity index (χ0v) is 7.00. The van der Waals surface area contributed by atoms with E-state index in [1.165, 1.54) is 19.3 Å². The van der Waals surface area contributed by atoms with E-state index in [2.05, 4.69) is 5.32 Å². The van der Waals surface area contributed by atoms with Crippen molar-refractivity contribution in [3.8, 4) is 0 Å². The van der Waals surface area contributed by atoms with E-state index in [4.69, 9.17) is 12.2 Å². The van der Waals surface area contributed by atoms with Crippen LogP contribution in [0, 0.1) is 0 Å². The molecular weight excluding hydrogens is 182 g/mol. The molecule has 55 valence electrons. The zero-order chi connectivity index (χ0) is 5.82. The van der Waals surface area contributed by atoms with E-state index >= 15 is 0 Å². The van der Waals surface area contributed by atoms with Crippen molar-refractivity contribution < 1.29 is 17.1 Å². The van der Waals surface area contributed by atoms with E-state index in [1.54, 1.807) is 0 Å². The van der Waals surface area contributed by atoms with Crippen LogP contribution in [0.25, 0.3) is 0 Å². The molecule has 0 spiro atoms. The van der Waals surface area contributed by atoms with Gasteiger partial charge in [-0.3, -0.25) is 0 Å². The Morgan fingerprint density at radius 3 is 2.78 bits per heavy atom. The molecule has 0 unspecified atom stereocenters. The molecule has 1 saturated heterocycles. The van der Waals surface area contributed by atoms with E-state index in [0.29, 0.717) is 0 Å². The van der Waals surface area contributed by atoms with Crippen LogP contribution >= 0.6 is 12.2 Å². The third-order valence-corrected chi connectivity index (χ3v) is 1.75. The van der Waals surface area contributed by atoms with Crippen molar-refractivity contribution in [3.63, 3.8) is 0 Å². The molecule has 0 amide bonds. The van der Waals surface area contributed by atoms with Crippen molar-refractivity contribution in [2.45, 2.75) is 25.7 Å². The fraction of sp³-hybridized carbons (Fsp3) is 0.833. The van der Waals surface area contributed by atoms with Gasteiger partial charge in [-0.1, -0.05) is 18.6 Å². The van der Waals surface area contributed by atoms with Gasteiger partial charge < -0.3 is 5.32 Å². The molecule has 9 heavy (non-hydrogen) atoms. The van der Waals surface area contributed by atoms with Gasteiger partial charge >= 0.3 is 17.1 Å². The van der Waals surface area contributed by atoms with E-state index in [9.17, 15) is 0 Å². The maximum absolute atomic E-state index is 4.98. The summed E-state index contributed by atoms with van der Waals surface area (Å²) in [5, 5.41) is 3.18. The van der Waals surface area contributed by atoms with E-state index in [0.717, 1.165) is 18.0 Å². The second-order valence-corrected chi connectivity index (χ2v) is 2.65. The van der Waals surface area contributed by atoms with Crippen LogP contribution in [0.2, 0.25) is 0 Å². The molecule has 0 aromatic rings. The number of thiocarbonyl (C=S) groups is 1. The molecule has 0 aromatic carbocycles. The summed E-state index contributed by atoms with van der Waals surface area (Å²) >= 11 is 4.98. The van der Waals surface area contributed by atoms with Gasteiger partial charge in [0.1, 0.15) is 0 Å². The topological polar surface area (TPSA) is 12.0 Å². The van der Waals surface area contributed by atoms with Crippen LogP contribution in [0.1, 0.15) is 25.7 Å². The molecule has 0 saturated carbocycles. The van der Waals surface area contributed by atoms with Crippen molar-refractivity contribution in [2.75, 3.05) is 6.54 Å². The van der Waals surface area contributed by atoms with Gasteiger partial charge in [0, 0.05) is 6.54 Å². The first kappa shape index (κ1) is 9.41. The fourth-order valence-corrected chi connectivity index (χ4v) is 1.15. The quantitative estimate of drug-likeness (QED) is 0.461. The smallest absolute Gasteiger partial charge is 0.380 e. The van der Waals surface area contributed by atoms with E-state index < -0.39 is 0 Å². The molecule has 1 heterocycles. The number of hydrogen-bond donors (Lipinski definition) is 1. The van der Waals surface area contributed by atoms with Gasteiger partial charge in [0.2, 0.25) is 0 Å². The van der Waals surface area contributed by atoms with E-state index in [-0.39, 0.29) is 17.1 Å². The summed E-state index contributed by atoms with van der Waals surface area (Å²) in [5.41, 5.74) is 0. The fourth-order valence-electron chi connectivity index (χ4n) is 0.904. The predicted molar refractivity (Wildman–Crippen MR) is 39.1 cm³/mol. The molecule has 1 fully saturated rings. The Labute approximate surface area is 72.1 Å². The van der Waals surface area contributed by atoms with Crippen LogP contribution in [0.4, 0.5) is 0 Å². The first-order chi connectivity index (χ1) is 3.89. The first-order valence-corrected chi connectivity index (χ1v) is 3.57. The van der Waals surface area contributed by atoms with Gasteiger partial charge in [0.15, 0.2) is 0 Å². The Bertz CT molecular complexity index is 85.1. The summed E-state index contributed by atoms with van der Waals surface area (Å²) in [4.78, 5) is 1.06. The monoisotopic (exact) mass is 192 g/mol. The minimum Gasteiger partial charge on any atom is -0.380 e. The van der Waals surface area contributed by atoms with E-state index in [1.807, 2.05) is 0 Å². The molecule has 0 atom stereocenters. The minimum absolute atomic E-state index is 0. The zero-order valence-electron chi connectivity index (χ0n) is 5.25. The average Bonchev–Trinajstić information content (AvgIpc) is 1.94. The van der Waals surface area contributed by atoms with Crippen LogP contribution < -0.4 is 5.32 Å². The number of hydrogen-bond acceptors (Lipinski definition) is 1. The Kier molecular flexibility index (Phi) is 5.45. The van der Waals surface area contributed by atoms with Crippen LogP contribution in [-0.2, 0) is 17.1 Å². The van der Waals surface area contributed by atoms with Gasteiger partial charge in [0.05, 0.1) is 4.99 Å². The first-order valence-electron chi connectivity index (χ1n) is 3.16. The Morgan fingerprint density at radius 2 is 2.00 bits per heavy atom. The van der Waals surface area contributed by atoms with Crippen LogP contribution in [-0.4, -0.2) is 11.5 Å². The summed E-state index contributed by atoms with van der Waals surface area (Å²) in [7, 11) is 0. The van der Waals surface area contributed by atoms with Crippen molar-refractivity contribution in [3.05, 3.63) is 0 Å². The SMILES string of the molecule is S=C1CCCCCN1.[Cu+2]. The summed E-state index contributed by atoms with van der Waals surface area (Å²) in [6.45, 7) is 1.10. The van der Waals surface area contributed by atoms with Crippen molar-refractivity contribution >= 4 is 17.2 Å². The van der Waals surface area contributed by atoms with Gasteiger partial charge in [0.25, 0.3) is 0 Å². The summed E-state index contributed by atoms with van der Waals surface area (Å²) < 4.78 is 0. The molecule has 0 bridgehead atoms. The van der Waals surface area contributed by atoms with Crippen LogP contribution in [0.5, 0.6) is 0 Å². The molecule has 1 nitrogen and oxygen atoms in total. The third-order valence-electron chi connectivity index (χ3n) is 1.40. The molecule has 1 radical (unpaired) electrons. The normalized spacial score (nSPS) is 19.3. The Balaban J connectivity index is 0.000000640. The summed E-state index contributed by atoms with van der Waals surface area (Å²) in [5.74, 6) is 0. The molecule has 1 aliphatic heterocycles. The average molecular weight is 193 g/mol. The molecular formula is C6H11CuNS+2.